The number of para-hydroxylation sites is 1. The van der Waals surface area contributed by atoms with Crippen molar-refractivity contribution in [2.75, 3.05) is 11.1 Å². The molecule has 4 rings (SSSR count). The van der Waals surface area contributed by atoms with Gasteiger partial charge < -0.3 is 5.32 Å². The highest BCUT2D eigenvalue weighted by molar-refractivity contribution is 8.00. The third kappa shape index (κ3) is 3.87. The average molecular weight is 398 g/mol. The molecule has 140 valence electrons. The zero-order valence-corrected chi connectivity index (χ0v) is 17.3. The standard InChI is InChI=1S/C21H23N3OS2/c1-3-14-6-4-5-7-16(14)24-18(25)11-26-20-19-15-9-8-13(2)10-17(15)27-21(19)23-12-22-20/h4-7,12-13H,3,8-11H2,1-2H3,(H,24,25)/t13-/m1/s1. The Bertz CT molecular complexity index is 983. The van der Waals surface area contributed by atoms with Crippen LogP contribution in [0.5, 0.6) is 0 Å². The Kier molecular flexibility index (Phi) is 5.45. The van der Waals surface area contributed by atoms with Gasteiger partial charge in [0, 0.05) is 16.0 Å². The first kappa shape index (κ1) is 18.4. The van der Waals surface area contributed by atoms with Crippen molar-refractivity contribution in [2.45, 2.75) is 44.6 Å². The molecule has 0 saturated carbocycles. The number of benzene rings is 1. The van der Waals surface area contributed by atoms with E-state index in [1.807, 2.05) is 18.2 Å². The lowest BCUT2D eigenvalue weighted by molar-refractivity contribution is -0.113. The first-order chi connectivity index (χ1) is 13.2. The molecule has 0 fully saturated rings. The fourth-order valence-electron chi connectivity index (χ4n) is 3.63. The lowest BCUT2D eigenvalue weighted by Gasteiger charge is -2.18. The van der Waals surface area contributed by atoms with Gasteiger partial charge in [0.1, 0.15) is 16.2 Å². The zero-order valence-electron chi connectivity index (χ0n) is 15.6. The second-order valence-electron chi connectivity index (χ2n) is 7.06. The molecule has 0 unspecified atom stereocenters. The summed E-state index contributed by atoms with van der Waals surface area (Å²) in [6, 6.07) is 7.96. The fraction of sp³-hybridized carbons (Fsp3) is 0.381. The summed E-state index contributed by atoms with van der Waals surface area (Å²) in [5.41, 5.74) is 3.47. The largest absolute Gasteiger partial charge is 0.325 e. The number of hydrogen-bond acceptors (Lipinski definition) is 5. The first-order valence-corrected chi connectivity index (χ1v) is 11.2. The molecule has 0 saturated heterocycles. The van der Waals surface area contributed by atoms with Gasteiger partial charge in [-0.05, 0) is 48.8 Å². The van der Waals surface area contributed by atoms with E-state index < -0.39 is 0 Å². The number of carbonyl (C=O) groups is 1. The van der Waals surface area contributed by atoms with Crippen molar-refractivity contribution in [1.82, 2.24) is 9.97 Å². The van der Waals surface area contributed by atoms with E-state index in [1.165, 1.54) is 34.0 Å². The molecule has 1 aromatic carbocycles. The SMILES string of the molecule is CCc1ccccc1NC(=O)CSc1ncnc2sc3c(c12)CC[C@@H](C)C3. The fourth-order valence-corrected chi connectivity index (χ4v) is 5.87. The minimum Gasteiger partial charge on any atom is -0.325 e. The van der Waals surface area contributed by atoms with Crippen LogP contribution < -0.4 is 5.32 Å². The van der Waals surface area contributed by atoms with Gasteiger partial charge in [-0.3, -0.25) is 4.79 Å². The van der Waals surface area contributed by atoms with Crippen LogP contribution in [-0.4, -0.2) is 21.6 Å². The molecule has 1 atom stereocenters. The lowest BCUT2D eigenvalue weighted by atomic mass is 9.89. The Balaban J connectivity index is 1.51. The number of carbonyl (C=O) groups excluding carboxylic acids is 1. The number of thioether (sulfide) groups is 1. The lowest BCUT2D eigenvalue weighted by Crippen LogP contribution is -2.15. The number of nitrogens with one attached hydrogen (secondary N) is 1. The summed E-state index contributed by atoms with van der Waals surface area (Å²) in [5.74, 6) is 1.09. The summed E-state index contributed by atoms with van der Waals surface area (Å²) in [6.07, 6.45) is 5.96. The number of rotatable bonds is 5. The highest BCUT2D eigenvalue weighted by atomic mass is 32.2. The van der Waals surface area contributed by atoms with Gasteiger partial charge in [0.05, 0.1) is 5.75 Å². The van der Waals surface area contributed by atoms with E-state index in [0.29, 0.717) is 5.75 Å². The average Bonchev–Trinajstić information content (AvgIpc) is 3.04. The third-order valence-electron chi connectivity index (χ3n) is 5.07. The topological polar surface area (TPSA) is 54.9 Å². The zero-order chi connectivity index (χ0) is 18.8. The minimum atomic E-state index is 0.00498. The summed E-state index contributed by atoms with van der Waals surface area (Å²) in [4.78, 5) is 24.0. The van der Waals surface area contributed by atoms with E-state index in [1.54, 1.807) is 17.7 Å². The van der Waals surface area contributed by atoms with Crippen molar-refractivity contribution in [3.05, 3.63) is 46.6 Å². The molecular formula is C21H23N3OS2. The quantitative estimate of drug-likeness (QED) is 0.480. The molecule has 1 aliphatic rings. The number of amides is 1. The Morgan fingerprint density at radius 2 is 2.19 bits per heavy atom. The van der Waals surface area contributed by atoms with Crippen molar-refractivity contribution in [3.63, 3.8) is 0 Å². The van der Waals surface area contributed by atoms with Crippen LogP contribution in [0.3, 0.4) is 0 Å². The van der Waals surface area contributed by atoms with Crippen LogP contribution >= 0.6 is 23.1 Å². The second kappa shape index (κ2) is 7.98. The molecule has 1 aliphatic carbocycles. The van der Waals surface area contributed by atoms with E-state index in [2.05, 4.69) is 35.2 Å². The van der Waals surface area contributed by atoms with Gasteiger partial charge in [0.2, 0.25) is 5.91 Å². The van der Waals surface area contributed by atoms with Gasteiger partial charge in [-0.15, -0.1) is 11.3 Å². The number of aromatic nitrogens is 2. The number of aryl methyl sites for hydroxylation is 2. The van der Waals surface area contributed by atoms with Crippen molar-refractivity contribution >= 4 is 44.9 Å². The summed E-state index contributed by atoms with van der Waals surface area (Å²) in [5, 5.41) is 5.15. The van der Waals surface area contributed by atoms with Crippen LogP contribution in [0.25, 0.3) is 10.2 Å². The molecule has 1 N–H and O–H groups in total. The maximum absolute atomic E-state index is 12.5. The number of nitrogens with zero attached hydrogens (tertiary/aromatic N) is 2. The van der Waals surface area contributed by atoms with E-state index in [9.17, 15) is 4.79 Å². The van der Waals surface area contributed by atoms with Gasteiger partial charge in [0.15, 0.2) is 0 Å². The van der Waals surface area contributed by atoms with Crippen LogP contribution in [0.15, 0.2) is 35.6 Å². The molecule has 0 radical (unpaired) electrons. The molecular weight excluding hydrogens is 374 g/mol. The molecule has 6 heteroatoms. The van der Waals surface area contributed by atoms with Crippen LogP contribution in [0.1, 0.15) is 36.3 Å². The predicted molar refractivity (Wildman–Crippen MR) is 114 cm³/mol. The molecule has 0 aliphatic heterocycles. The molecule has 2 heterocycles. The van der Waals surface area contributed by atoms with E-state index >= 15 is 0 Å². The summed E-state index contributed by atoms with van der Waals surface area (Å²) in [6.45, 7) is 4.41. The maximum atomic E-state index is 12.5. The Morgan fingerprint density at radius 1 is 1.33 bits per heavy atom. The van der Waals surface area contributed by atoms with Crippen LogP contribution in [0.2, 0.25) is 0 Å². The normalized spacial score (nSPS) is 16.3. The van der Waals surface area contributed by atoms with Crippen molar-refractivity contribution in [3.8, 4) is 0 Å². The van der Waals surface area contributed by atoms with E-state index in [4.69, 9.17) is 0 Å². The smallest absolute Gasteiger partial charge is 0.234 e. The first-order valence-electron chi connectivity index (χ1n) is 9.41. The third-order valence-corrected chi connectivity index (χ3v) is 7.22. The molecule has 27 heavy (non-hydrogen) atoms. The minimum absolute atomic E-state index is 0.00498. The van der Waals surface area contributed by atoms with Gasteiger partial charge >= 0.3 is 0 Å². The molecule has 2 aromatic heterocycles. The number of thiophene rings is 1. The van der Waals surface area contributed by atoms with Crippen molar-refractivity contribution in [1.29, 1.82) is 0 Å². The van der Waals surface area contributed by atoms with Gasteiger partial charge in [-0.25, -0.2) is 9.97 Å². The van der Waals surface area contributed by atoms with E-state index in [0.717, 1.165) is 46.3 Å². The summed E-state index contributed by atoms with van der Waals surface area (Å²) < 4.78 is 0. The van der Waals surface area contributed by atoms with Crippen LogP contribution in [0.4, 0.5) is 5.69 Å². The highest BCUT2D eigenvalue weighted by Gasteiger charge is 2.23. The van der Waals surface area contributed by atoms with E-state index in [-0.39, 0.29) is 5.91 Å². The molecule has 0 spiro atoms. The van der Waals surface area contributed by atoms with Gasteiger partial charge in [-0.2, -0.15) is 0 Å². The van der Waals surface area contributed by atoms with Crippen LogP contribution in [-0.2, 0) is 24.1 Å². The number of fused-ring (bicyclic) bond motifs is 3. The molecule has 3 aromatic rings. The van der Waals surface area contributed by atoms with Crippen LogP contribution in [0, 0.1) is 5.92 Å². The van der Waals surface area contributed by atoms with Crippen molar-refractivity contribution < 1.29 is 4.79 Å². The van der Waals surface area contributed by atoms with Gasteiger partial charge in [-0.1, -0.05) is 43.8 Å². The Hall–Kier alpha value is -1.92. The monoisotopic (exact) mass is 397 g/mol. The Morgan fingerprint density at radius 3 is 3.04 bits per heavy atom. The Labute approximate surface area is 167 Å². The number of hydrogen-bond donors (Lipinski definition) is 1. The predicted octanol–water partition coefficient (Wildman–Crippen LogP) is 5.11. The molecule has 0 bridgehead atoms. The molecule has 1 amide bonds. The maximum Gasteiger partial charge on any atom is 0.234 e. The summed E-state index contributed by atoms with van der Waals surface area (Å²) in [7, 11) is 0. The molecule has 4 nitrogen and oxygen atoms in total. The summed E-state index contributed by atoms with van der Waals surface area (Å²) >= 11 is 3.31. The number of anilines is 1. The highest BCUT2D eigenvalue weighted by Crippen LogP contribution is 2.40. The van der Waals surface area contributed by atoms with Crippen molar-refractivity contribution in [2.24, 2.45) is 5.92 Å². The second-order valence-corrected chi connectivity index (χ2v) is 9.11. The van der Waals surface area contributed by atoms with Gasteiger partial charge in [0.25, 0.3) is 0 Å².